The number of likely N-dealkylation sites (tertiary alicyclic amines) is 1. The van der Waals surface area contributed by atoms with Crippen molar-refractivity contribution in [3.05, 3.63) is 0 Å². The molecular weight excluding hydrogens is 350 g/mol. The molecule has 1 aliphatic carbocycles. The van der Waals surface area contributed by atoms with Crippen LogP contribution >= 0.6 is 12.4 Å². The van der Waals surface area contributed by atoms with Crippen LogP contribution in [0.1, 0.15) is 32.6 Å². The average Bonchev–Trinajstić information content (AvgIpc) is 3.04. The lowest BCUT2D eigenvalue weighted by atomic mass is 9.78. The van der Waals surface area contributed by atoms with Crippen LogP contribution in [-0.2, 0) is 14.6 Å². The topological polar surface area (TPSA) is 83.7 Å². The molecule has 4 unspecified atom stereocenters. The molecule has 2 heterocycles. The van der Waals surface area contributed by atoms with Crippen molar-refractivity contribution < 1.29 is 13.2 Å². The number of amides is 1. The highest BCUT2D eigenvalue weighted by Gasteiger charge is 2.40. The summed E-state index contributed by atoms with van der Waals surface area (Å²) in [6.45, 7) is 4.80. The van der Waals surface area contributed by atoms with Crippen LogP contribution in [0.3, 0.4) is 0 Å². The normalized spacial score (nSPS) is 35.2. The maximum atomic E-state index is 12.7. The van der Waals surface area contributed by atoms with E-state index in [0.29, 0.717) is 31.3 Å². The van der Waals surface area contributed by atoms with Crippen LogP contribution < -0.4 is 5.73 Å². The molecule has 3 fully saturated rings. The molecule has 0 radical (unpaired) electrons. The van der Waals surface area contributed by atoms with Crippen molar-refractivity contribution >= 4 is 28.2 Å². The molecule has 2 N–H and O–H groups in total. The van der Waals surface area contributed by atoms with E-state index in [1.807, 2.05) is 6.92 Å². The molecule has 0 bridgehead atoms. The van der Waals surface area contributed by atoms with Gasteiger partial charge in [-0.15, -0.1) is 12.4 Å². The van der Waals surface area contributed by atoms with Gasteiger partial charge in [0, 0.05) is 31.7 Å². The predicted molar refractivity (Wildman–Crippen MR) is 96.9 cm³/mol. The van der Waals surface area contributed by atoms with Crippen molar-refractivity contribution in [2.24, 2.45) is 17.6 Å². The standard InChI is InChI=1S/C16H29N3O3S.ClH/c1-2-19(13-6-7-23(21,22)11-13)16(20)10-18-8-12-4-3-5-15(17)14(12)9-18;/h12-15H,2-11,17H2,1H3;1H. The van der Waals surface area contributed by atoms with Crippen molar-refractivity contribution in [2.75, 3.05) is 37.7 Å². The van der Waals surface area contributed by atoms with Crippen LogP contribution in [0.15, 0.2) is 0 Å². The van der Waals surface area contributed by atoms with E-state index in [2.05, 4.69) is 4.90 Å². The van der Waals surface area contributed by atoms with Crippen LogP contribution in [0.2, 0.25) is 0 Å². The van der Waals surface area contributed by atoms with E-state index in [4.69, 9.17) is 5.73 Å². The van der Waals surface area contributed by atoms with Gasteiger partial charge in [-0.1, -0.05) is 6.42 Å². The fraction of sp³-hybridized carbons (Fsp3) is 0.938. The summed E-state index contributed by atoms with van der Waals surface area (Å²) >= 11 is 0. The van der Waals surface area contributed by atoms with Crippen molar-refractivity contribution in [1.29, 1.82) is 0 Å². The molecule has 6 nitrogen and oxygen atoms in total. The van der Waals surface area contributed by atoms with Gasteiger partial charge in [0.15, 0.2) is 9.84 Å². The Morgan fingerprint density at radius 2 is 2.00 bits per heavy atom. The molecule has 3 aliphatic rings. The summed E-state index contributed by atoms with van der Waals surface area (Å²) in [6, 6.07) is 0.140. The van der Waals surface area contributed by atoms with Crippen molar-refractivity contribution in [3.8, 4) is 0 Å². The number of halogens is 1. The Balaban J connectivity index is 0.00000208. The zero-order chi connectivity index (χ0) is 16.6. The number of carbonyl (C=O) groups is 1. The zero-order valence-corrected chi connectivity index (χ0v) is 16.0. The van der Waals surface area contributed by atoms with E-state index >= 15 is 0 Å². The molecule has 3 rings (SSSR count). The van der Waals surface area contributed by atoms with Gasteiger partial charge in [0.2, 0.25) is 5.91 Å². The van der Waals surface area contributed by atoms with Gasteiger partial charge < -0.3 is 10.6 Å². The number of nitrogens with two attached hydrogens (primary N) is 1. The lowest BCUT2D eigenvalue weighted by Crippen LogP contribution is -2.46. The Labute approximate surface area is 151 Å². The lowest BCUT2D eigenvalue weighted by molar-refractivity contribution is -0.133. The van der Waals surface area contributed by atoms with Gasteiger partial charge in [0.05, 0.1) is 18.1 Å². The van der Waals surface area contributed by atoms with E-state index in [9.17, 15) is 13.2 Å². The zero-order valence-electron chi connectivity index (χ0n) is 14.4. The Kier molecular flexibility index (Phi) is 6.56. The van der Waals surface area contributed by atoms with E-state index in [0.717, 1.165) is 19.5 Å². The summed E-state index contributed by atoms with van der Waals surface area (Å²) in [6.07, 6.45) is 4.11. The molecular formula is C16H30ClN3O3S. The minimum Gasteiger partial charge on any atom is -0.338 e. The maximum absolute atomic E-state index is 12.7. The second-order valence-corrected chi connectivity index (χ2v) is 9.68. The van der Waals surface area contributed by atoms with Gasteiger partial charge >= 0.3 is 0 Å². The number of hydrogen-bond donors (Lipinski definition) is 1. The summed E-state index contributed by atoms with van der Waals surface area (Å²) in [7, 11) is -2.96. The average molecular weight is 380 g/mol. The summed E-state index contributed by atoms with van der Waals surface area (Å²) in [4.78, 5) is 16.7. The molecule has 0 spiro atoms. The number of sulfone groups is 1. The molecule has 24 heavy (non-hydrogen) atoms. The molecule has 1 amide bonds. The van der Waals surface area contributed by atoms with E-state index in [1.165, 1.54) is 12.8 Å². The summed E-state index contributed by atoms with van der Waals surface area (Å²) in [5.74, 6) is 1.57. The fourth-order valence-corrected chi connectivity index (χ4v) is 6.41. The van der Waals surface area contributed by atoms with Gasteiger partial charge in [-0.25, -0.2) is 8.42 Å². The van der Waals surface area contributed by atoms with Crippen LogP contribution in [0.25, 0.3) is 0 Å². The molecule has 0 aromatic heterocycles. The molecule has 0 aromatic rings. The summed E-state index contributed by atoms with van der Waals surface area (Å²) < 4.78 is 23.3. The molecule has 8 heteroatoms. The quantitative estimate of drug-likeness (QED) is 0.769. The van der Waals surface area contributed by atoms with Crippen LogP contribution in [0.4, 0.5) is 0 Å². The monoisotopic (exact) mass is 379 g/mol. The van der Waals surface area contributed by atoms with E-state index in [-0.39, 0.29) is 41.9 Å². The molecule has 2 saturated heterocycles. The Hall–Kier alpha value is -0.370. The first-order chi connectivity index (χ1) is 10.9. The highest BCUT2D eigenvalue weighted by Crippen LogP contribution is 2.35. The largest absolute Gasteiger partial charge is 0.338 e. The number of fused-ring (bicyclic) bond motifs is 1. The minimum absolute atomic E-state index is 0. The minimum atomic E-state index is -2.96. The SMILES string of the molecule is CCN(C(=O)CN1CC2CCCC(N)C2C1)C1CCS(=O)(=O)C1.Cl. The van der Waals surface area contributed by atoms with Crippen molar-refractivity contribution in [1.82, 2.24) is 9.80 Å². The summed E-state index contributed by atoms with van der Waals surface area (Å²) in [5.41, 5.74) is 6.24. The second kappa shape index (κ2) is 7.89. The highest BCUT2D eigenvalue weighted by atomic mass is 35.5. The van der Waals surface area contributed by atoms with Gasteiger partial charge in [0.25, 0.3) is 0 Å². The number of hydrogen-bond acceptors (Lipinski definition) is 5. The smallest absolute Gasteiger partial charge is 0.237 e. The first-order valence-corrected chi connectivity index (χ1v) is 10.7. The third-order valence-corrected chi connectivity index (χ3v) is 7.65. The van der Waals surface area contributed by atoms with Gasteiger partial charge in [-0.3, -0.25) is 9.69 Å². The first-order valence-electron chi connectivity index (χ1n) is 8.87. The van der Waals surface area contributed by atoms with Crippen LogP contribution in [0.5, 0.6) is 0 Å². The highest BCUT2D eigenvalue weighted by molar-refractivity contribution is 7.91. The van der Waals surface area contributed by atoms with E-state index in [1.54, 1.807) is 4.90 Å². The molecule has 4 atom stereocenters. The first kappa shape index (κ1) is 19.9. The van der Waals surface area contributed by atoms with Gasteiger partial charge in [0.1, 0.15) is 0 Å². The molecule has 1 saturated carbocycles. The predicted octanol–water partition coefficient (Wildman–Crippen LogP) is 0.503. The van der Waals surface area contributed by atoms with Crippen LogP contribution in [-0.4, -0.2) is 73.9 Å². The number of likely N-dealkylation sites (N-methyl/N-ethyl adjacent to an activating group) is 1. The molecule has 2 aliphatic heterocycles. The Morgan fingerprint density at radius 3 is 2.58 bits per heavy atom. The fourth-order valence-electron chi connectivity index (χ4n) is 4.68. The third kappa shape index (κ3) is 4.23. The molecule has 140 valence electrons. The van der Waals surface area contributed by atoms with Crippen molar-refractivity contribution in [2.45, 2.75) is 44.7 Å². The number of rotatable bonds is 4. The van der Waals surface area contributed by atoms with E-state index < -0.39 is 9.84 Å². The number of nitrogens with zero attached hydrogens (tertiary/aromatic N) is 2. The van der Waals surface area contributed by atoms with Crippen molar-refractivity contribution in [3.63, 3.8) is 0 Å². The summed E-state index contributed by atoms with van der Waals surface area (Å²) in [5, 5.41) is 0. The van der Waals surface area contributed by atoms with Gasteiger partial charge in [-0.2, -0.15) is 0 Å². The number of carbonyl (C=O) groups excluding carboxylic acids is 1. The third-order valence-electron chi connectivity index (χ3n) is 5.90. The lowest BCUT2D eigenvalue weighted by Gasteiger charge is -2.30. The molecule has 0 aromatic carbocycles. The Morgan fingerprint density at radius 1 is 1.25 bits per heavy atom. The Bertz CT molecular complexity index is 557. The maximum Gasteiger partial charge on any atom is 0.237 e. The second-order valence-electron chi connectivity index (χ2n) is 7.45. The van der Waals surface area contributed by atoms with Gasteiger partial charge in [-0.05, 0) is 38.0 Å². The van der Waals surface area contributed by atoms with Crippen LogP contribution in [0, 0.1) is 11.8 Å².